The van der Waals surface area contributed by atoms with Crippen LogP contribution in [0, 0.1) is 0 Å². The lowest BCUT2D eigenvalue weighted by molar-refractivity contribution is -0.141. The Morgan fingerprint density at radius 3 is 2.53 bits per heavy atom. The van der Waals surface area contributed by atoms with Crippen LogP contribution < -0.4 is 5.32 Å². The second kappa shape index (κ2) is 5.31. The summed E-state index contributed by atoms with van der Waals surface area (Å²) in [5.41, 5.74) is -0.338. The molecule has 1 amide bonds. The maximum Gasteiger partial charge on any atom is 0.312 e. The Labute approximate surface area is 105 Å². The van der Waals surface area contributed by atoms with E-state index >= 15 is 0 Å². The third kappa shape index (κ3) is 4.56. The molecular weight excluding hydrogens is 238 g/mol. The summed E-state index contributed by atoms with van der Waals surface area (Å²) in [4.78, 5) is 23.5. The number of amides is 1. The molecule has 17 heavy (non-hydrogen) atoms. The number of carbonyl (C=O) groups excluding carboxylic acids is 1. The molecule has 0 aliphatic rings. The molecule has 0 radical (unpaired) electrons. The van der Waals surface area contributed by atoms with E-state index < -0.39 is 11.9 Å². The summed E-state index contributed by atoms with van der Waals surface area (Å²) >= 11 is 1.36. The molecule has 1 aromatic heterocycles. The third-order valence-electron chi connectivity index (χ3n) is 2.09. The molecule has 94 valence electrons. The van der Waals surface area contributed by atoms with E-state index in [1.54, 1.807) is 12.1 Å². The fourth-order valence-corrected chi connectivity index (χ4v) is 2.27. The molecule has 1 heterocycles. The predicted molar refractivity (Wildman–Crippen MR) is 67.2 cm³/mol. The summed E-state index contributed by atoms with van der Waals surface area (Å²) in [6, 6.07) is 3.53. The number of carbonyl (C=O) groups is 2. The summed E-state index contributed by atoms with van der Waals surface area (Å²) in [7, 11) is 0. The second-order valence-corrected chi connectivity index (χ2v) is 5.89. The zero-order chi connectivity index (χ0) is 13.1. The molecule has 1 unspecified atom stereocenters. The van der Waals surface area contributed by atoms with Gasteiger partial charge in [0.05, 0.1) is 5.92 Å². The lowest BCUT2D eigenvalue weighted by atomic mass is 10.0. The van der Waals surface area contributed by atoms with Gasteiger partial charge in [-0.3, -0.25) is 9.59 Å². The first kappa shape index (κ1) is 13.7. The average molecular weight is 255 g/mol. The normalized spacial score (nSPS) is 13.1. The van der Waals surface area contributed by atoms with Crippen LogP contribution in [0.5, 0.6) is 0 Å². The van der Waals surface area contributed by atoms with Gasteiger partial charge in [0, 0.05) is 16.8 Å². The smallest absolute Gasteiger partial charge is 0.312 e. The predicted octanol–water partition coefficient (Wildman–Crippen LogP) is 2.22. The maximum atomic E-state index is 11.7. The van der Waals surface area contributed by atoms with Crippen LogP contribution in [0.4, 0.5) is 0 Å². The summed E-state index contributed by atoms with van der Waals surface area (Å²) in [6.07, 6.45) is -0.0207. The summed E-state index contributed by atoms with van der Waals surface area (Å²) in [6.45, 7) is 5.60. The first-order chi connectivity index (χ1) is 7.79. The number of hydrogen-bond donors (Lipinski definition) is 2. The van der Waals surface area contributed by atoms with Crippen molar-refractivity contribution in [1.29, 1.82) is 0 Å². The standard InChI is InChI=1S/C12H17NO3S/c1-12(2,3)13-10(14)7-8(11(15)16)9-5-4-6-17-9/h4-6,8H,7H2,1-3H3,(H,13,14)(H,15,16). The average Bonchev–Trinajstić information content (AvgIpc) is 2.63. The minimum absolute atomic E-state index is 0.0207. The molecule has 0 saturated carbocycles. The van der Waals surface area contributed by atoms with Crippen LogP contribution >= 0.6 is 11.3 Å². The van der Waals surface area contributed by atoms with E-state index in [4.69, 9.17) is 5.11 Å². The van der Waals surface area contributed by atoms with E-state index in [0.29, 0.717) is 4.88 Å². The van der Waals surface area contributed by atoms with Crippen LogP contribution in [0.2, 0.25) is 0 Å². The second-order valence-electron chi connectivity index (χ2n) is 4.91. The molecule has 0 aromatic carbocycles. The molecule has 0 bridgehead atoms. The van der Waals surface area contributed by atoms with Crippen molar-refractivity contribution in [3.05, 3.63) is 22.4 Å². The number of aliphatic carboxylic acids is 1. The molecule has 4 nitrogen and oxygen atoms in total. The van der Waals surface area contributed by atoms with Crippen molar-refractivity contribution in [1.82, 2.24) is 5.32 Å². The molecule has 0 aliphatic heterocycles. The first-order valence-electron chi connectivity index (χ1n) is 5.37. The van der Waals surface area contributed by atoms with Gasteiger partial charge < -0.3 is 10.4 Å². The molecule has 0 fully saturated rings. The van der Waals surface area contributed by atoms with Crippen LogP contribution in [0.1, 0.15) is 38.0 Å². The molecule has 2 N–H and O–H groups in total. The third-order valence-corrected chi connectivity index (χ3v) is 3.07. The van der Waals surface area contributed by atoms with Gasteiger partial charge in [0.15, 0.2) is 0 Å². The highest BCUT2D eigenvalue weighted by Crippen LogP contribution is 2.24. The van der Waals surface area contributed by atoms with Crippen LogP contribution in [0.3, 0.4) is 0 Å². The van der Waals surface area contributed by atoms with Crippen molar-refractivity contribution in [3.63, 3.8) is 0 Å². The van der Waals surface area contributed by atoms with Crippen molar-refractivity contribution in [2.24, 2.45) is 0 Å². The molecular formula is C12H17NO3S. The molecule has 5 heteroatoms. The van der Waals surface area contributed by atoms with Crippen LogP contribution in [-0.2, 0) is 9.59 Å². The summed E-state index contributed by atoms with van der Waals surface area (Å²) < 4.78 is 0. The lowest BCUT2D eigenvalue weighted by Gasteiger charge is -2.21. The zero-order valence-corrected chi connectivity index (χ0v) is 11.0. The molecule has 1 atom stereocenters. The summed E-state index contributed by atoms with van der Waals surface area (Å²) in [5.74, 6) is -1.95. The van der Waals surface area contributed by atoms with Gasteiger partial charge in [-0.25, -0.2) is 0 Å². The van der Waals surface area contributed by atoms with Crippen molar-refractivity contribution >= 4 is 23.2 Å². The van der Waals surface area contributed by atoms with Crippen molar-refractivity contribution < 1.29 is 14.7 Å². The van der Waals surface area contributed by atoms with Gasteiger partial charge >= 0.3 is 5.97 Å². The highest BCUT2D eigenvalue weighted by molar-refractivity contribution is 7.10. The number of thiophene rings is 1. The van der Waals surface area contributed by atoms with E-state index in [2.05, 4.69) is 5.32 Å². The Hall–Kier alpha value is -1.36. The lowest BCUT2D eigenvalue weighted by Crippen LogP contribution is -2.41. The highest BCUT2D eigenvalue weighted by Gasteiger charge is 2.25. The molecule has 0 saturated heterocycles. The fraction of sp³-hybridized carbons (Fsp3) is 0.500. The van der Waals surface area contributed by atoms with E-state index in [1.807, 2.05) is 26.2 Å². The molecule has 1 aromatic rings. The van der Waals surface area contributed by atoms with Gasteiger partial charge in [0.2, 0.25) is 5.91 Å². The number of hydrogen-bond acceptors (Lipinski definition) is 3. The van der Waals surface area contributed by atoms with Gasteiger partial charge in [-0.2, -0.15) is 0 Å². The molecule has 1 rings (SSSR count). The van der Waals surface area contributed by atoms with Crippen molar-refractivity contribution in [2.45, 2.75) is 38.6 Å². The number of carboxylic acid groups (broad SMARTS) is 1. The van der Waals surface area contributed by atoms with Gasteiger partial charge in [0.1, 0.15) is 0 Å². The van der Waals surface area contributed by atoms with Gasteiger partial charge in [-0.15, -0.1) is 11.3 Å². The van der Waals surface area contributed by atoms with Gasteiger partial charge in [-0.05, 0) is 32.2 Å². The van der Waals surface area contributed by atoms with Crippen molar-refractivity contribution in [2.75, 3.05) is 0 Å². The quantitative estimate of drug-likeness (QED) is 0.867. The highest BCUT2D eigenvalue weighted by atomic mass is 32.1. The fourth-order valence-electron chi connectivity index (χ4n) is 1.45. The molecule has 0 spiro atoms. The number of nitrogens with one attached hydrogen (secondary N) is 1. The Morgan fingerprint density at radius 2 is 2.12 bits per heavy atom. The van der Waals surface area contributed by atoms with E-state index in [0.717, 1.165) is 0 Å². The minimum atomic E-state index is -0.962. The Morgan fingerprint density at radius 1 is 1.47 bits per heavy atom. The summed E-state index contributed by atoms with van der Waals surface area (Å²) in [5, 5.41) is 13.7. The Kier molecular flexibility index (Phi) is 4.28. The topological polar surface area (TPSA) is 66.4 Å². The van der Waals surface area contributed by atoms with E-state index in [1.165, 1.54) is 11.3 Å². The maximum absolute atomic E-state index is 11.7. The number of carboxylic acids is 1. The van der Waals surface area contributed by atoms with Crippen molar-refractivity contribution in [3.8, 4) is 0 Å². The SMILES string of the molecule is CC(C)(C)NC(=O)CC(C(=O)O)c1cccs1. The van der Waals surface area contributed by atoms with Crippen LogP contribution in [0.15, 0.2) is 17.5 Å². The van der Waals surface area contributed by atoms with E-state index in [-0.39, 0.29) is 17.9 Å². The Bertz CT molecular complexity index is 392. The zero-order valence-electron chi connectivity index (χ0n) is 10.2. The van der Waals surface area contributed by atoms with Crippen LogP contribution in [-0.4, -0.2) is 22.5 Å². The minimum Gasteiger partial charge on any atom is -0.481 e. The molecule has 0 aliphatic carbocycles. The van der Waals surface area contributed by atoms with Crippen LogP contribution in [0.25, 0.3) is 0 Å². The van der Waals surface area contributed by atoms with Gasteiger partial charge in [0.25, 0.3) is 0 Å². The van der Waals surface area contributed by atoms with E-state index in [9.17, 15) is 9.59 Å². The largest absolute Gasteiger partial charge is 0.481 e. The Balaban J connectivity index is 2.69. The number of rotatable bonds is 4. The monoisotopic (exact) mass is 255 g/mol. The van der Waals surface area contributed by atoms with Gasteiger partial charge in [-0.1, -0.05) is 6.07 Å². The first-order valence-corrected chi connectivity index (χ1v) is 6.25.